The second-order valence-corrected chi connectivity index (χ2v) is 5.62. The molecular weight excluding hydrogens is 356 g/mol. The number of nitrogens with zero attached hydrogens (tertiary/aromatic N) is 2. The van der Waals surface area contributed by atoms with Gasteiger partial charge in [0, 0.05) is 9.79 Å². The van der Waals surface area contributed by atoms with E-state index in [0.29, 0.717) is 0 Å². The Morgan fingerprint density at radius 1 is 0.600 bits per heavy atom. The number of aromatic nitrogens is 2. The first-order valence-corrected chi connectivity index (χ1v) is 7.14. The zero-order valence-electron chi connectivity index (χ0n) is 12.0. The van der Waals surface area contributed by atoms with E-state index in [4.69, 9.17) is 20.4 Å². The van der Waals surface area contributed by atoms with Crippen molar-refractivity contribution in [3.8, 4) is 0 Å². The molecule has 2 aromatic heterocycles. The van der Waals surface area contributed by atoms with Gasteiger partial charge in [-0.1, -0.05) is 11.8 Å². The van der Waals surface area contributed by atoms with E-state index < -0.39 is 46.7 Å². The van der Waals surface area contributed by atoms with Gasteiger partial charge in [-0.3, -0.25) is 0 Å². The summed E-state index contributed by atoms with van der Waals surface area (Å²) in [4.78, 5) is 51.3. The lowest BCUT2D eigenvalue weighted by molar-refractivity contribution is 0.0663. The first-order valence-electron chi connectivity index (χ1n) is 6.32. The van der Waals surface area contributed by atoms with Crippen molar-refractivity contribution in [1.29, 1.82) is 0 Å². The summed E-state index contributed by atoms with van der Waals surface area (Å²) in [6.45, 7) is 0. The molecule has 128 valence electrons. The van der Waals surface area contributed by atoms with Gasteiger partial charge in [0.1, 0.15) is 22.8 Å². The van der Waals surface area contributed by atoms with Crippen LogP contribution >= 0.6 is 11.8 Å². The molecule has 0 aliphatic rings. The van der Waals surface area contributed by atoms with Crippen molar-refractivity contribution in [2.24, 2.45) is 0 Å². The van der Waals surface area contributed by atoms with Crippen LogP contribution in [0.3, 0.4) is 0 Å². The summed E-state index contributed by atoms with van der Waals surface area (Å²) in [6, 6.07) is 4.34. The fourth-order valence-corrected chi connectivity index (χ4v) is 2.66. The molecule has 0 spiro atoms. The normalized spacial score (nSPS) is 10.2. The molecule has 0 amide bonds. The summed E-state index contributed by atoms with van der Waals surface area (Å²) in [5.74, 6) is -5.79. The number of carboxylic acids is 4. The number of pyridine rings is 2. The van der Waals surface area contributed by atoms with E-state index in [9.17, 15) is 19.2 Å². The van der Waals surface area contributed by atoms with Crippen LogP contribution in [0.4, 0.5) is 0 Å². The molecule has 0 aliphatic carbocycles. The molecule has 0 aromatic carbocycles. The maximum Gasteiger partial charge on any atom is 0.354 e. The first-order chi connectivity index (χ1) is 11.7. The van der Waals surface area contributed by atoms with Crippen molar-refractivity contribution >= 4 is 35.6 Å². The van der Waals surface area contributed by atoms with Crippen LogP contribution in [0.15, 0.2) is 34.1 Å². The molecule has 11 heteroatoms. The maximum atomic E-state index is 11.0. The summed E-state index contributed by atoms with van der Waals surface area (Å²) in [6.07, 6.45) is 0. The molecule has 2 rings (SSSR count). The summed E-state index contributed by atoms with van der Waals surface area (Å²) in [5, 5.41) is 35.9. The van der Waals surface area contributed by atoms with Crippen molar-refractivity contribution < 1.29 is 39.6 Å². The van der Waals surface area contributed by atoms with Gasteiger partial charge in [-0.25, -0.2) is 29.1 Å². The van der Waals surface area contributed by atoms with Crippen LogP contribution in [0.1, 0.15) is 42.0 Å². The number of hydrogen-bond donors (Lipinski definition) is 4. The Balaban J connectivity index is 2.51. The summed E-state index contributed by atoms with van der Waals surface area (Å²) in [7, 11) is 0. The number of aromatic carboxylic acids is 4. The molecule has 0 saturated carbocycles. The standard InChI is InChI=1S/C14H8N2O8S/c17-11(18)7-1-5(2-8(15-7)12(19)20)25-6-3-9(13(21)22)16-10(4-6)14(23)24/h1-4H,(H,17,18)(H,19,20)(H,21,22)(H,23,24). The monoisotopic (exact) mass is 364 g/mol. The summed E-state index contributed by atoms with van der Waals surface area (Å²) < 4.78 is 0. The van der Waals surface area contributed by atoms with Crippen molar-refractivity contribution in [2.75, 3.05) is 0 Å². The molecule has 2 aromatic rings. The highest BCUT2D eigenvalue weighted by molar-refractivity contribution is 7.99. The van der Waals surface area contributed by atoms with Crippen LogP contribution in [0.25, 0.3) is 0 Å². The Labute approximate surface area is 142 Å². The predicted molar refractivity (Wildman–Crippen MR) is 80.4 cm³/mol. The molecule has 0 unspecified atom stereocenters. The highest BCUT2D eigenvalue weighted by Crippen LogP contribution is 2.29. The molecule has 0 bridgehead atoms. The molecule has 2 heterocycles. The molecule has 0 saturated heterocycles. The number of hydrogen-bond acceptors (Lipinski definition) is 7. The summed E-state index contributed by atoms with van der Waals surface area (Å²) in [5.41, 5.74) is -2.08. The average Bonchev–Trinajstić information content (AvgIpc) is 2.53. The fourth-order valence-electron chi connectivity index (χ4n) is 1.70. The van der Waals surface area contributed by atoms with Gasteiger partial charge in [-0.05, 0) is 24.3 Å². The van der Waals surface area contributed by atoms with E-state index in [-0.39, 0.29) is 9.79 Å². The van der Waals surface area contributed by atoms with Crippen LogP contribution in [0.5, 0.6) is 0 Å². The third kappa shape index (κ3) is 4.29. The second kappa shape index (κ2) is 6.97. The van der Waals surface area contributed by atoms with Crippen LogP contribution < -0.4 is 0 Å². The Hall–Kier alpha value is -3.47. The number of carboxylic acid groups (broad SMARTS) is 4. The van der Waals surface area contributed by atoms with Crippen LogP contribution in [0.2, 0.25) is 0 Å². The van der Waals surface area contributed by atoms with E-state index in [0.717, 1.165) is 36.0 Å². The largest absolute Gasteiger partial charge is 0.477 e. The lowest BCUT2D eigenvalue weighted by Crippen LogP contribution is -2.08. The first kappa shape index (κ1) is 17.9. The van der Waals surface area contributed by atoms with E-state index in [1.807, 2.05) is 0 Å². The predicted octanol–water partition coefficient (Wildman–Crippen LogP) is 1.42. The molecule has 0 fully saturated rings. The van der Waals surface area contributed by atoms with Gasteiger partial charge in [0.2, 0.25) is 0 Å². The lowest BCUT2D eigenvalue weighted by atomic mass is 10.3. The number of rotatable bonds is 6. The summed E-state index contributed by atoms with van der Waals surface area (Å²) >= 11 is 0.781. The Bertz CT molecular complexity index is 774. The van der Waals surface area contributed by atoms with Gasteiger partial charge in [0.15, 0.2) is 0 Å². The van der Waals surface area contributed by atoms with E-state index in [1.54, 1.807) is 0 Å². The molecule has 4 N–H and O–H groups in total. The van der Waals surface area contributed by atoms with Crippen LogP contribution in [-0.2, 0) is 0 Å². The van der Waals surface area contributed by atoms with Gasteiger partial charge in [-0.2, -0.15) is 0 Å². The van der Waals surface area contributed by atoms with E-state index in [1.165, 1.54) is 0 Å². The van der Waals surface area contributed by atoms with E-state index >= 15 is 0 Å². The third-order valence-electron chi connectivity index (χ3n) is 2.71. The molecule has 25 heavy (non-hydrogen) atoms. The minimum Gasteiger partial charge on any atom is -0.477 e. The Morgan fingerprint density at radius 2 is 0.840 bits per heavy atom. The smallest absolute Gasteiger partial charge is 0.354 e. The number of carbonyl (C=O) groups is 4. The van der Waals surface area contributed by atoms with Gasteiger partial charge in [0.25, 0.3) is 0 Å². The van der Waals surface area contributed by atoms with E-state index in [2.05, 4.69) is 9.97 Å². The van der Waals surface area contributed by atoms with Crippen LogP contribution in [-0.4, -0.2) is 54.3 Å². The topological polar surface area (TPSA) is 175 Å². The quantitative estimate of drug-likeness (QED) is 0.583. The van der Waals surface area contributed by atoms with Crippen LogP contribution in [0, 0.1) is 0 Å². The SMILES string of the molecule is O=C(O)c1cc(Sc2cc(C(=O)O)nc(C(=O)O)c2)cc(C(=O)O)n1. The van der Waals surface area contributed by atoms with Gasteiger partial charge >= 0.3 is 23.9 Å². The zero-order chi connectivity index (χ0) is 18.7. The molecule has 0 atom stereocenters. The minimum atomic E-state index is -1.45. The lowest BCUT2D eigenvalue weighted by Gasteiger charge is -2.06. The second-order valence-electron chi connectivity index (χ2n) is 4.47. The maximum absolute atomic E-state index is 11.0. The Kier molecular flexibility index (Phi) is 4.98. The molecule has 0 radical (unpaired) electrons. The van der Waals surface area contributed by atoms with Gasteiger partial charge in [-0.15, -0.1) is 0 Å². The van der Waals surface area contributed by atoms with Crippen molar-refractivity contribution in [2.45, 2.75) is 9.79 Å². The highest BCUT2D eigenvalue weighted by Gasteiger charge is 2.17. The molecular formula is C14H8N2O8S. The highest BCUT2D eigenvalue weighted by atomic mass is 32.2. The Morgan fingerprint density at radius 3 is 1.04 bits per heavy atom. The molecule has 0 aliphatic heterocycles. The van der Waals surface area contributed by atoms with Gasteiger partial charge < -0.3 is 20.4 Å². The van der Waals surface area contributed by atoms with Crippen molar-refractivity contribution in [1.82, 2.24) is 9.97 Å². The third-order valence-corrected chi connectivity index (χ3v) is 3.65. The van der Waals surface area contributed by atoms with Gasteiger partial charge in [0.05, 0.1) is 0 Å². The average molecular weight is 364 g/mol. The minimum absolute atomic E-state index is 0.128. The zero-order valence-corrected chi connectivity index (χ0v) is 12.9. The fraction of sp³-hybridized carbons (Fsp3) is 0. The van der Waals surface area contributed by atoms with Crippen molar-refractivity contribution in [3.63, 3.8) is 0 Å². The molecule has 10 nitrogen and oxygen atoms in total. The van der Waals surface area contributed by atoms with Crippen molar-refractivity contribution in [3.05, 3.63) is 47.0 Å².